The molecular formula is C32H32N2O5. The summed E-state index contributed by atoms with van der Waals surface area (Å²) in [5, 5.41) is 3.59. The molecule has 2 atom stereocenters. The molecule has 7 heteroatoms. The SMILES string of the molecule is COc1cc([C@@H]2C3=C(C[C@H](c4ccccc4)CC3=O)Nc3ccccc3N2C(=O)C2CC2)cc(OC)c1OC. The summed E-state index contributed by atoms with van der Waals surface area (Å²) in [6, 6.07) is 21.0. The highest BCUT2D eigenvalue weighted by Gasteiger charge is 2.45. The smallest absolute Gasteiger partial charge is 0.231 e. The molecule has 1 N–H and O–H groups in total. The molecule has 1 aliphatic heterocycles. The van der Waals surface area contributed by atoms with Gasteiger partial charge in [0.05, 0.1) is 38.7 Å². The topological polar surface area (TPSA) is 77.1 Å². The van der Waals surface area contributed by atoms with Crippen LogP contribution in [-0.4, -0.2) is 33.0 Å². The van der Waals surface area contributed by atoms with Gasteiger partial charge in [-0.3, -0.25) is 14.5 Å². The molecule has 0 bridgehead atoms. The fourth-order valence-electron chi connectivity index (χ4n) is 5.90. The number of fused-ring (bicyclic) bond motifs is 1. The van der Waals surface area contributed by atoms with Crippen LogP contribution in [0.15, 0.2) is 78.0 Å². The molecule has 6 rings (SSSR count). The van der Waals surface area contributed by atoms with E-state index in [2.05, 4.69) is 17.4 Å². The van der Waals surface area contributed by atoms with Crippen molar-refractivity contribution in [3.05, 3.63) is 89.1 Å². The molecule has 0 saturated heterocycles. The van der Waals surface area contributed by atoms with Gasteiger partial charge in [0.15, 0.2) is 17.3 Å². The van der Waals surface area contributed by atoms with E-state index >= 15 is 0 Å². The molecule has 200 valence electrons. The zero-order valence-corrected chi connectivity index (χ0v) is 22.4. The molecule has 3 aliphatic rings. The zero-order valence-electron chi connectivity index (χ0n) is 22.4. The zero-order chi connectivity index (χ0) is 27.1. The standard InChI is InChI=1S/C32H32N2O5/c1-37-27-17-22(18-28(38-2)31(27)39-3)30-29-24(15-21(16-26(29)35)19-9-5-4-6-10-19)33-23-11-7-8-12-25(23)34(30)32(36)20-13-14-20/h4-12,17-18,20-21,30,33H,13-16H2,1-3H3/t21-,30+/m0/s1. The summed E-state index contributed by atoms with van der Waals surface area (Å²) in [4.78, 5) is 30.0. The van der Waals surface area contributed by atoms with Crippen LogP contribution in [-0.2, 0) is 9.59 Å². The molecule has 1 amide bonds. The maximum atomic E-state index is 14.2. The van der Waals surface area contributed by atoms with Gasteiger partial charge in [-0.05, 0) is 60.6 Å². The monoisotopic (exact) mass is 524 g/mol. The number of nitrogens with zero attached hydrogens (tertiary/aromatic N) is 1. The van der Waals surface area contributed by atoms with E-state index in [4.69, 9.17) is 14.2 Å². The summed E-state index contributed by atoms with van der Waals surface area (Å²) in [5.41, 5.74) is 4.89. The Bertz CT molecular complexity index is 1440. The summed E-state index contributed by atoms with van der Waals surface area (Å²) in [6.07, 6.45) is 2.73. The van der Waals surface area contributed by atoms with Crippen molar-refractivity contribution in [3.8, 4) is 17.2 Å². The van der Waals surface area contributed by atoms with Crippen molar-refractivity contribution in [2.75, 3.05) is 31.5 Å². The van der Waals surface area contributed by atoms with E-state index in [1.165, 1.54) is 0 Å². The molecule has 1 fully saturated rings. The third-order valence-electron chi connectivity index (χ3n) is 7.93. The molecule has 2 aliphatic carbocycles. The molecule has 3 aromatic carbocycles. The third kappa shape index (κ3) is 4.42. The van der Waals surface area contributed by atoms with E-state index in [9.17, 15) is 9.59 Å². The van der Waals surface area contributed by atoms with Crippen LogP contribution >= 0.6 is 0 Å². The van der Waals surface area contributed by atoms with Gasteiger partial charge in [-0.1, -0.05) is 42.5 Å². The molecule has 1 saturated carbocycles. The number of ether oxygens (including phenoxy) is 3. The van der Waals surface area contributed by atoms with Crippen molar-refractivity contribution in [2.24, 2.45) is 5.92 Å². The summed E-state index contributed by atoms with van der Waals surface area (Å²) in [6.45, 7) is 0. The van der Waals surface area contributed by atoms with E-state index in [1.807, 2.05) is 59.5 Å². The Balaban J connectivity index is 1.59. The van der Waals surface area contributed by atoms with Gasteiger partial charge in [0, 0.05) is 23.6 Å². The van der Waals surface area contributed by atoms with E-state index in [0.717, 1.165) is 41.0 Å². The molecule has 0 radical (unpaired) electrons. The van der Waals surface area contributed by atoms with Crippen molar-refractivity contribution in [2.45, 2.75) is 37.6 Å². The Kier molecular flexibility index (Phi) is 6.51. The van der Waals surface area contributed by atoms with E-state index < -0.39 is 6.04 Å². The first kappa shape index (κ1) is 25.0. The first-order valence-electron chi connectivity index (χ1n) is 13.3. The summed E-state index contributed by atoms with van der Waals surface area (Å²) in [5.74, 6) is 1.45. The number of nitrogens with one attached hydrogen (secondary N) is 1. The maximum Gasteiger partial charge on any atom is 0.231 e. The van der Waals surface area contributed by atoms with Crippen LogP contribution in [0.1, 0.15) is 48.8 Å². The Morgan fingerprint density at radius 3 is 2.15 bits per heavy atom. The highest BCUT2D eigenvalue weighted by molar-refractivity contribution is 6.07. The molecule has 1 heterocycles. The Labute approximate surface area is 228 Å². The minimum Gasteiger partial charge on any atom is -0.493 e. The van der Waals surface area contributed by atoms with Crippen molar-refractivity contribution in [1.82, 2.24) is 0 Å². The Morgan fingerprint density at radius 1 is 0.846 bits per heavy atom. The molecular weight excluding hydrogens is 492 g/mol. The lowest BCUT2D eigenvalue weighted by Gasteiger charge is -2.35. The number of hydrogen-bond acceptors (Lipinski definition) is 6. The predicted octanol–water partition coefficient (Wildman–Crippen LogP) is 6.02. The van der Waals surface area contributed by atoms with Crippen molar-refractivity contribution >= 4 is 23.1 Å². The molecule has 39 heavy (non-hydrogen) atoms. The average Bonchev–Trinajstić information content (AvgIpc) is 3.83. The quantitative estimate of drug-likeness (QED) is 0.425. The van der Waals surface area contributed by atoms with Gasteiger partial charge < -0.3 is 19.5 Å². The third-order valence-corrected chi connectivity index (χ3v) is 7.93. The fourth-order valence-corrected chi connectivity index (χ4v) is 5.90. The van der Waals surface area contributed by atoms with Crippen LogP contribution < -0.4 is 24.4 Å². The minimum absolute atomic E-state index is 0.0229. The number of hydrogen-bond donors (Lipinski definition) is 1. The summed E-state index contributed by atoms with van der Waals surface area (Å²) in [7, 11) is 4.70. The number of methoxy groups -OCH3 is 3. The number of carbonyl (C=O) groups is 2. The number of carbonyl (C=O) groups excluding carboxylic acids is 2. The van der Waals surface area contributed by atoms with Gasteiger partial charge in [-0.2, -0.15) is 0 Å². The van der Waals surface area contributed by atoms with Gasteiger partial charge in [-0.25, -0.2) is 0 Å². The number of rotatable bonds is 6. The van der Waals surface area contributed by atoms with Crippen LogP contribution in [0.5, 0.6) is 17.2 Å². The number of para-hydroxylation sites is 2. The van der Waals surface area contributed by atoms with Crippen molar-refractivity contribution in [3.63, 3.8) is 0 Å². The fraction of sp³-hybridized carbons (Fsp3) is 0.312. The first-order valence-corrected chi connectivity index (χ1v) is 13.3. The van der Waals surface area contributed by atoms with Gasteiger partial charge in [0.1, 0.15) is 0 Å². The van der Waals surface area contributed by atoms with E-state index in [-0.39, 0.29) is 23.5 Å². The highest BCUT2D eigenvalue weighted by atomic mass is 16.5. The predicted molar refractivity (Wildman–Crippen MR) is 150 cm³/mol. The van der Waals surface area contributed by atoms with Crippen LogP contribution in [0.3, 0.4) is 0 Å². The lowest BCUT2D eigenvalue weighted by atomic mass is 9.78. The van der Waals surface area contributed by atoms with Gasteiger partial charge in [-0.15, -0.1) is 0 Å². The maximum absolute atomic E-state index is 14.2. The number of ketones is 1. The van der Waals surface area contributed by atoms with Gasteiger partial charge in [0.25, 0.3) is 0 Å². The number of allylic oxidation sites excluding steroid dienone is 1. The van der Waals surface area contributed by atoms with Crippen LogP contribution in [0.25, 0.3) is 0 Å². The average molecular weight is 525 g/mol. The Morgan fingerprint density at radius 2 is 1.51 bits per heavy atom. The number of amides is 1. The largest absolute Gasteiger partial charge is 0.493 e. The van der Waals surface area contributed by atoms with E-state index in [1.54, 1.807) is 21.3 Å². The molecule has 0 spiro atoms. The molecule has 3 aromatic rings. The second-order valence-electron chi connectivity index (χ2n) is 10.3. The van der Waals surface area contributed by atoms with Crippen LogP contribution in [0, 0.1) is 5.92 Å². The Hall–Kier alpha value is -4.26. The van der Waals surface area contributed by atoms with E-state index in [0.29, 0.717) is 35.7 Å². The van der Waals surface area contributed by atoms with Gasteiger partial charge in [0.2, 0.25) is 11.7 Å². The van der Waals surface area contributed by atoms with Crippen molar-refractivity contribution < 1.29 is 23.8 Å². The second kappa shape index (κ2) is 10.1. The molecule has 0 aromatic heterocycles. The van der Waals surface area contributed by atoms with Crippen LogP contribution in [0.2, 0.25) is 0 Å². The van der Waals surface area contributed by atoms with Crippen LogP contribution in [0.4, 0.5) is 11.4 Å². The molecule has 0 unspecified atom stereocenters. The van der Waals surface area contributed by atoms with Crippen molar-refractivity contribution in [1.29, 1.82) is 0 Å². The first-order chi connectivity index (χ1) is 19.0. The molecule has 7 nitrogen and oxygen atoms in total. The normalized spacial score (nSPS) is 20.4. The lowest BCUT2D eigenvalue weighted by molar-refractivity contribution is -0.120. The number of Topliss-reactive ketones (excluding diaryl/α,β-unsaturated/α-hetero) is 1. The number of anilines is 2. The number of benzene rings is 3. The minimum atomic E-state index is -0.651. The van der Waals surface area contributed by atoms with Gasteiger partial charge >= 0.3 is 0 Å². The second-order valence-corrected chi connectivity index (χ2v) is 10.3. The highest BCUT2D eigenvalue weighted by Crippen LogP contribution is 2.51. The summed E-state index contributed by atoms with van der Waals surface area (Å²) >= 11 is 0. The summed E-state index contributed by atoms with van der Waals surface area (Å²) < 4.78 is 16.9. The lowest BCUT2D eigenvalue weighted by Crippen LogP contribution is -2.39.